The molecule has 15 heavy (non-hydrogen) atoms. The minimum absolute atomic E-state index is 0.653. The summed E-state index contributed by atoms with van der Waals surface area (Å²) in [6.45, 7) is 7.75. The lowest BCUT2D eigenvalue weighted by Gasteiger charge is -2.05. The molecule has 0 saturated carbocycles. The van der Waals surface area contributed by atoms with Gasteiger partial charge in [0.1, 0.15) is 0 Å². The van der Waals surface area contributed by atoms with Crippen LogP contribution in [0.2, 0.25) is 0 Å². The molecule has 0 amide bonds. The fourth-order valence-corrected chi connectivity index (χ4v) is 1.10. The van der Waals surface area contributed by atoms with Crippen LogP contribution in [-0.4, -0.2) is 53.2 Å². The zero-order valence-corrected chi connectivity index (χ0v) is 10.1. The Bertz CT molecular complexity index is 100. The number of methoxy groups -OCH3 is 1. The topological polar surface area (TPSA) is 39.7 Å². The van der Waals surface area contributed by atoms with E-state index in [9.17, 15) is 0 Å². The first-order valence-corrected chi connectivity index (χ1v) is 5.77. The molecule has 0 aliphatic rings. The van der Waals surface area contributed by atoms with Crippen LogP contribution in [0.3, 0.4) is 0 Å². The Morgan fingerprint density at radius 3 is 2.20 bits per heavy atom. The second kappa shape index (κ2) is 13.8. The quantitative estimate of drug-likeness (QED) is 0.498. The summed E-state index contributed by atoms with van der Waals surface area (Å²) in [5, 5.41) is 3.28. The largest absolute Gasteiger partial charge is 0.382 e. The van der Waals surface area contributed by atoms with Crippen LogP contribution in [0.1, 0.15) is 19.8 Å². The average molecular weight is 219 g/mol. The highest BCUT2D eigenvalue weighted by Gasteiger charge is 1.91. The number of rotatable bonds is 12. The van der Waals surface area contributed by atoms with Crippen LogP contribution in [0.25, 0.3) is 0 Å². The van der Waals surface area contributed by atoms with Gasteiger partial charge in [-0.1, -0.05) is 6.92 Å². The second-order valence-corrected chi connectivity index (χ2v) is 3.28. The van der Waals surface area contributed by atoms with Crippen LogP contribution in [0.5, 0.6) is 0 Å². The standard InChI is InChI=1S/C11H25NO3/c1-3-12-6-4-5-7-14-10-11-15-9-8-13-2/h12H,3-11H2,1-2H3. The molecular formula is C11H25NO3. The molecule has 0 atom stereocenters. The molecule has 4 heteroatoms. The Morgan fingerprint density at radius 2 is 1.53 bits per heavy atom. The lowest BCUT2D eigenvalue weighted by atomic mass is 10.3. The van der Waals surface area contributed by atoms with E-state index in [4.69, 9.17) is 14.2 Å². The van der Waals surface area contributed by atoms with Crippen molar-refractivity contribution in [3.63, 3.8) is 0 Å². The molecule has 0 heterocycles. The van der Waals surface area contributed by atoms with Gasteiger partial charge in [0.25, 0.3) is 0 Å². The van der Waals surface area contributed by atoms with E-state index >= 15 is 0 Å². The predicted molar refractivity (Wildman–Crippen MR) is 61.3 cm³/mol. The van der Waals surface area contributed by atoms with Crippen LogP contribution in [-0.2, 0) is 14.2 Å². The van der Waals surface area contributed by atoms with Crippen molar-refractivity contribution in [2.45, 2.75) is 19.8 Å². The lowest BCUT2D eigenvalue weighted by Crippen LogP contribution is -2.14. The minimum atomic E-state index is 0.653. The first kappa shape index (κ1) is 14.8. The molecule has 0 unspecified atom stereocenters. The van der Waals surface area contributed by atoms with E-state index in [1.54, 1.807) is 7.11 Å². The highest BCUT2D eigenvalue weighted by Crippen LogP contribution is 1.88. The van der Waals surface area contributed by atoms with E-state index < -0.39 is 0 Å². The van der Waals surface area contributed by atoms with Crippen LogP contribution >= 0.6 is 0 Å². The van der Waals surface area contributed by atoms with Crippen molar-refractivity contribution in [3.05, 3.63) is 0 Å². The Morgan fingerprint density at radius 1 is 0.867 bits per heavy atom. The summed E-state index contributed by atoms with van der Waals surface area (Å²) < 4.78 is 15.5. The Labute approximate surface area is 93.3 Å². The van der Waals surface area contributed by atoms with Gasteiger partial charge in [0.2, 0.25) is 0 Å². The third kappa shape index (κ3) is 13.8. The van der Waals surface area contributed by atoms with Gasteiger partial charge in [-0.3, -0.25) is 0 Å². The molecule has 1 N–H and O–H groups in total. The zero-order valence-electron chi connectivity index (χ0n) is 10.1. The summed E-state index contributed by atoms with van der Waals surface area (Å²) in [4.78, 5) is 0. The maximum Gasteiger partial charge on any atom is 0.0701 e. The highest BCUT2D eigenvalue weighted by molar-refractivity contribution is 4.44. The van der Waals surface area contributed by atoms with Crippen molar-refractivity contribution in [2.24, 2.45) is 0 Å². The van der Waals surface area contributed by atoms with Gasteiger partial charge in [-0.2, -0.15) is 0 Å². The summed E-state index contributed by atoms with van der Waals surface area (Å²) in [6, 6.07) is 0. The second-order valence-electron chi connectivity index (χ2n) is 3.28. The van der Waals surface area contributed by atoms with E-state index in [2.05, 4.69) is 12.2 Å². The molecule has 0 radical (unpaired) electrons. The Kier molecular flexibility index (Phi) is 13.7. The fraction of sp³-hybridized carbons (Fsp3) is 1.00. The number of ether oxygens (including phenoxy) is 3. The molecule has 0 fully saturated rings. The summed E-state index contributed by atoms with van der Waals surface area (Å²) in [6.07, 6.45) is 2.30. The van der Waals surface area contributed by atoms with Crippen LogP contribution in [0, 0.1) is 0 Å². The minimum Gasteiger partial charge on any atom is -0.382 e. The Balaban J connectivity index is 2.81. The fourth-order valence-electron chi connectivity index (χ4n) is 1.10. The molecule has 0 aromatic rings. The van der Waals surface area contributed by atoms with E-state index in [1.165, 1.54) is 6.42 Å². The summed E-state index contributed by atoms with van der Waals surface area (Å²) in [5.41, 5.74) is 0. The number of nitrogens with one attached hydrogen (secondary N) is 1. The normalized spacial score (nSPS) is 10.8. The third-order valence-corrected chi connectivity index (χ3v) is 1.95. The molecule has 0 spiro atoms. The van der Waals surface area contributed by atoms with E-state index in [0.717, 1.165) is 26.1 Å². The zero-order chi connectivity index (χ0) is 11.2. The predicted octanol–water partition coefficient (Wildman–Crippen LogP) is 1.06. The Hall–Kier alpha value is -0.160. The molecule has 92 valence electrons. The SMILES string of the molecule is CCNCCCCOCCOCCOC. The first-order chi connectivity index (χ1) is 7.41. The monoisotopic (exact) mass is 219 g/mol. The van der Waals surface area contributed by atoms with E-state index in [0.29, 0.717) is 26.4 Å². The van der Waals surface area contributed by atoms with Gasteiger partial charge >= 0.3 is 0 Å². The summed E-state index contributed by atoms with van der Waals surface area (Å²) in [5.74, 6) is 0. The van der Waals surface area contributed by atoms with Crippen LogP contribution in [0.4, 0.5) is 0 Å². The van der Waals surface area contributed by atoms with Gasteiger partial charge in [-0.05, 0) is 25.9 Å². The van der Waals surface area contributed by atoms with Crippen molar-refractivity contribution < 1.29 is 14.2 Å². The van der Waals surface area contributed by atoms with Crippen LogP contribution in [0.15, 0.2) is 0 Å². The molecule has 0 aromatic heterocycles. The van der Waals surface area contributed by atoms with Gasteiger partial charge in [-0.25, -0.2) is 0 Å². The molecule has 0 rings (SSSR count). The third-order valence-electron chi connectivity index (χ3n) is 1.95. The highest BCUT2D eigenvalue weighted by atomic mass is 16.5. The maximum atomic E-state index is 5.40. The number of unbranched alkanes of at least 4 members (excludes halogenated alkanes) is 1. The van der Waals surface area contributed by atoms with Gasteiger partial charge in [-0.15, -0.1) is 0 Å². The van der Waals surface area contributed by atoms with E-state index in [-0.39, 0.29) is 0 Å². The molecule has 0 aliphatic heterocycles. The van der Waals surface area contributed by atoms with E-state index in [1.807, 2.05) is 0 Å². The lowest BCUT2D eigenvalue weighted by molar-refractivity contribution is 0.0241. The van der Waals surface area contributed by atoms with Crippen molar-refractivity contribution in [3.8, 4) is 0 Å². The smallest absolute Gasteiger partial charge is 0.0701 e. The van der Waals surface area contributed by atoms with Gasteiger partial charge in [0.05, 0.1) is 26.4 Å². The van der Waals surface area contributed by atoms with Crippen molar-refractivity contribution >= 4 is 0 Å². The molecular weight excluding hydrogens is 194 g/mol. The van der Waals surface area contributed by atoms with Crippen molar-refractivity contribution in [1.29, 1.82) is 0 Å². The molecule has 0 bridgehead atoms. The molecule has 0 aliphatic carbocycles. The first-order valence-electron chi connectivity index (χ1n) is 5.77. The average Bonchev–Trinajstić information content (AvgIpc) is 2.26. The van der Waals surface area contributed by atoms with Gasteiger partial charge in [0, 0.05) is 13.7 Å². The van der Waals surface area contributed by atoms with Crippen molar-refractivity contribution in [2.75, 3.05) is 53.2 Å². The summed E-state index contributed by atoms with van der Waals surface area (Å²) >= 11 is 0. The maximum absolute atomic E-state index is 5.40. The van der Waals surface area contributed by atoms with Gasteiger partial charge < -0.3 is 19.5 Å². The number of hydrogen-bond acceptors (Lipinski definition) is 4. The number of hydrogen-bond donors (Lipinski definition) is 1. The van der Waals surface area contributed by atoms with Crippen LogP contribution < -0.4 is 5.32 Å². The van der Waals surface area contributed by atoms with Crippen molar-refractivity contribution in [1.82, 2.24) is 5.32 Å². The molecule has 0 saturated heterocycles. The summed E-state index contributed by atoms with van der Waals surface area (Å²) in [7, 11) is 1.67. The molecule has 4 nitrogen and oxygen atoms in total. The van der Waals surface area contributed by atoms with Gasteiger partial charge in [0.15, 0.2) is 0 Å². The molecule has 0 aromatic carbocycles.